The van der Waals surface area contributed by atoms with E-state index < -0.39 is 0 Å². The maximum Gasteiger partial charge on any atom is 0.305 e. The Bertz CT molecular complexity index is 1220. The van der Waals surface area contributed by atoms with Crippen LogP contribution < -0.4 is 10.1 Å². The number of methoxy groups -OCH3 is 1. The number of amides is 1. The Hall–Kier alpha value is -3.67. The summed E-state index contributed by atoms with van der Waals surface area (Å²) in [5.74, 6) is -0.142. The lowest BCUT2D eigenvalue weighted by Gasteiger charge is -2.23. The fourth-order valence-electron chi connectivity index (χ4n) is 4.40. The lowest BCUT2D eigenvalue weighted by molar-refractivity contribution is -0.140. The minimum absolute atomic E-state index is 0.160. The molecule has 0 radical (unpaired) electrons. The van der Waals surface area contributed by atoms with Crippen LogP contribution in [0.1, 0.15) is 70.9 Å². The third kappa shape index (κ3) is 8.45. The predicted molar refractivity (Wildman–Crippen MR) is 143 cm³/mol. The topological polar surface area (TPSA) is 64.6 Å². The van der Waals surface area contributed by atoms with Gasteiger partial charge in [-0.2, -0.15) is 0 Å². The zero-order valence-corrected chi connectivity index (χ0v) is 22.3. The lowest BCUT2D eigenvalue weighted by atomic mass is 9.93. The quantitative estimate of drug-likeness (QED) is 0.297. The summed E-state index contributed by atoms with van der Waals surface area (Å²) >= 11 is 0. The number of hydrogen-bond donors (Lipinski definition) is 1. The molecule has 0 aliphatic rings. The van der Waals surface area contributed by atoms with Crippen LogP contribution in [-0.4, -0.2) is 19.0 Å². The highest BCUT2D eigenvalue weighted by Crippen LogP contribution is 2.25. The number of carbonyl (C=O) groups is 2. The SMILES string of the molecule is COC(=O)CCc1ccc(COc2cccc(F)c2)cc1C(=O)NC(CC(C)C)c1cc(C)cc(C)c1. The molecule has 0 aliphatic heterocycles. The molecule has 0 saturated carbocycles. The van der Waals surface area contributed by atoms with Gasteiger partial charge in [-0.05, 0) is 67.5 Å². The van der Waals surface area contributed by atoms with Crippen LogP contribution in [0.2, 0.25) is 0 Å². The van der Waals surface area contributed by atoms with Gasteiger partial charge in [0.25, 0.3) is 5.91 Å². The molecule has 0 fully saturated rings. The minimum Gasteiger partial charge on any atom is -0.489 e. The molecule has 6 heteroatoms. The Morgan fingerprint density at radius 3 is 2.35 bits per heavy atom. The zero-order chi connectivity index (χ0) is 26.9. The van der Waals surface area contributed by atoms with Crippen molar-refractivity contribution in [1.82, 2.24) is 5.32 Å². The summed E-state index contributed by atoms with van der Waals surface area (Å²) in [5, 5.41) is 3.24. The molecule has 0 heterocycles. The molecule has 0 aliphatic carbocycles. The summed E-state index contributed by atoms with van der Waals surface area (Å²) < 4.78 is 24.1. The highest BCUT2D eigenvalue weighted by atomic mass is 19.1. The summed E-state index contributed by atoms with van der Waals surface area (Å²) in [6, 6.07) is 17.6. The minimum atomic E-state index is -0.377. The van der Waals surface area contributed by atoms with Gasteiger partial charge in [-0.15, -0.1) is 0 Å². The van der Waals surface area contributed by atoms with Crippen LogP contribution in [0.3, 0.4) is 0 Å². The predicted octanol–water partition coefficient (Wildman–Crippen LogP) is 6.64. The van der Waals surface area contributed by atoms with Crippen molar-refractivity contribution in [1.29, 1.82) is 0 Å². The molecule has 3 aromatic rings. The Labute approximate surface area is 219 Å². The van der Waals surface area contributed by atoms with Gasteiger partial charge in [-0.25, -0.2) is 4.39 Å². The molecule has 1 N–H and O–H groups in total. The molecule has 0 saturated heterocycles. The van der Waals surface area contributed by atoms with E-state index in [1.165, 1.54) is 19.2 Å². The van der Waals surface area contributed by atoms with E-state index in [0.717, 1.165) is 34.2 Å². The second-order valence-corrected chi connectivity index (χ2v) is 9.89. The van der Waals surface area contributed by atoms with Crippen molar-refractivity contribution in [2.45, 2.75) is 59.6 Å². The van der Waals surface area contributed by atoms with Crippen molar-refractivity contribution >= 4 is 11.9 Å². The highest BCUT2D eigenvalue weighted by Gasteiger charge is 2.21. The van der Waals surface area contributed by atoms with Gasteiger partial charge in [0.2, 0.25) is 0 Å². The van der Waals surface area contributed by atoms with Crippen LogP contribution in [-0.2, 0) is 22.6 Å². The first-order chi connectivity index (χ1) is 17.6. The van der Waals surface area contributed by atoms with Gasteiger partial charge in [0.1, 0.15) is 18.2 Å². The van der Waals surface area contributed by atoms with Gasteiger partial charge in [0, 0.05) is 18.1 Å². The van der Waals surface area contributed by atoms with E-state index in [2.05, 4.69) is 51.2 Å². The van der Waals surface area contributed by atoms with Gasteiger partial charge >= 0.3 is 5.97 Å². The number of nitrogens with one attached hydrogen (secondary N) is 1. The van der Waals surface area contributed by atoms with Crippen LogP contribution in [0.25, 0.3) is 0 Å². The third-order valence-electron chi connectivity index (χ3n) is 6.11. The third-order valence-corrected chi connectivity index (χ3v) is 6.11. The first kappa shape index (κ1) is 27.9. The molecule has 37 heavy (non-hydrogen) atoms. The fourth-order valence-corrected chi connectivity index (χ4v) is 4.40. The Balaban J connectivity index is 1.89. The van der Waals surface area contributed by atoms with Gasteiger partial charge in [0.05, 0.1) is 13.2 Å². The van der Waals surface area contributed by atoms with Crippen molar-refractivity contribution in [2.24, 2.45) is 5.92 Å². The van der Waals surface area contributed by atoms with E-state index in [0.29, 0.717) is 23.7 Å². The molecule has 196 valence electrons. The molecule has 0 aromatic heterocycles. The van der Waals surface area contributed by atoms with E-state index in [9.17, 15) is 14.0 Å². The number of esters is 1. The van der Waals surface area contributed by atoms with E-state index >= 15 is 0 Å². The van der Waals surface area contributed by atoms with Crippen molar-refractivity contribution in [3.63, 3.8) is 0 Å². The Morgan fingerprint density at radius 1 is 0.973 bits per heavy atom. The highest BCUT2D eigenvalue weighted by molar-refractivity contribution is 5.96. The molecular weight excluding hydrogens is 469 g/mol. The normalized spacial score (nSPS) is 11.8. The zero-order valence-electron chi connectivity index (χ0n) is 22.3. The van der Waals surface area contributed by atoms with Crippen LogP contribution in [0.15, 0.2) is 60.7 Å². The summed E-state index contributed by atoms with van der Waals surface area (Å²) in [7, 11) is 1.35. The van der Waals surface area contributed by atoms with Crippen LogP contribution in [0.4, 0.5) is 4.39 Å². The lowest BCUT2D eigenvalue weighted by Crippen LogP contribution is -2.30. The number of halogens is 1. The first-order valence-corrected chi connectivity index (χ1v) is 12.6. The second kappa shape index (κ2) is 13.0. The van der Waals surface area contributed by atoms with Crippen molar-refractivity contribution in [3.05, 3.63) is 99.9 Å². The molecule has 1 amide bonds. The van der Waals surface area contributed by atoms with E-state index in [1.54, 1.807) is 18.2 Å². The molecule has 5 nitrogen and oxygen atoms in total. The van der Waals surface area contributed by atoms with Gasteiger partial charge < -0.3 is 14.8 Å². The molecule has 3 rings (SSSR count). The Kier molecular flexibility index (Phi) is 9.84. The average molecular weight is 506 g/mol. The Morgan fingerprint density at radius 2 is 1.70 bits per heavy atom. The number of carbonyl (C=O) groups excluding carboxylic acids is 2. The van der Waals surface area contributed by atoms with E-state index in [1.807, 2.05) is 12.1 Å². The molecule has 1 unspecified atom stereocenters. The monoisotopic (exact) mass is 505 g/mol. The number of benzene rings is 3. The fraction of sp³-hybridized carbons (Fsp3) is 0.355. The number of hydrogen-bond acceptors (Lipinski definition) is 4. The summed E-state index contributed by atoms with van der Waals surface area (Å²) in [4.78, 5) is 25.5. The van der Waals surface area contributed by atoms with E-state index in [4.69, 9.17) is 9.47 Å². The standard InChI is InChI=1S/C31H36FNO4/c1-20(2)13-29(25-15-21(3)14-22(4)16-25)33-31(35)28-17-23(9-10-24(28)11-12-30(34)36-5)19-37-27-8-6-7-26(32)18-27/h6-10,14-18,20,29H,11-13,19H2,1-5H3,(H,33,35). The maximum atomic E-state index is 13.7. The maximum absolute atomic E-state index is 13.7. The molecule has 3 aromatic carbocycles. The number of ether oxygens (including phenoxy) is 2. The molecular formula is C31H36FNO4. The number of rotatable bonds is 11. The van der Waals surface area contributed by atoms with E-state index in [-0.39, 0.29) is 36.8 Å². The summed E-state index contributed by atoms with van der Waals surface area (Å²) in [6.45, 7) is 8.55. The van der Waals surface area contributed by atoms with Crippen LogP contribution >= 0.6 is 0 Å². The summed E-state index contributed by atoms with van der Waals surface area (Å²) in [5.41, 5.74) is 5.37. The average Bonchev–Trinajstić information content (AvgIpc) is 2.85. The van der Waals surface area contributed by atoms with Gasteiger partial charge in [-0.1, -0.05) is 61.4 Å². The first-order valence-electron chi connectivity index (χ1n) is 12.6. The second-order valence-electron chi connectivity index (χ2n) is 9.89. The van der Waals surface area contributed by atoms with Crippen molar-refractivity contribution < 1.29 is 23.5 Å². The largest absolute Gasteiger partial charge is 0.489 e. The summed E-state index contributed by atoms with van der Waals surface area (Å²) in [6.07, 6.45) is 1.33. The smallest absolute Gasteiger partial charge is 0.305 e. The number of aryl methyl sites for hydroxylation is 3. The van der Waals surface area contributed by atoms with Crippen molar-refractivity contribution in [2.75, 3.05) is 7.11 Å². The van der Waals surface area contributed by atoms with Crippen LogP contribution in [0, 0.1) is 25.6 Å². The van der Waals surface area contributed by atoms with Gasteiger partial charge in [-0.3, -0.25) is 9.59 Å². The molecule has 1 atom stereocenters. The molecule has 0 bridgehead atoms. The molecule has 0 spiro atoms. The van der Waals surface area contributed by atoms with Crippen molar-refractivity contribution in [3.8, 4) is 5.75 Å². The van der Waals surface area contributed by atoms with Crippen LogP contribution in [0.5, 0.6) is 5.75 Å². The van der Waals surface area contributed by atoms with Gasteiger partial charge in [0.15, 0.2) is 0 Å².